The lowest BCUT2D eigenvalue weighted by Crippen LogP contribution is -2.34. The van der Waals surface area contributed by atoms with Crippen LogP contribution in [0.3, 0.4) is 0 Å². The zero-order valence-corrected chi connectivity index (χ0v) is 31.5. The van der Waals surface area contributed by atoms with E-state index < -0.39 is 55.8 Å². The van der Waals surface area contributed by atoms with Gasteiger partial charge in [0.15, 0.2) is 0 Å². The molecule has 49 heavy (non-hydrogen) atoms. The van der Waals surface area contributed by atoms with Gasteiger partial charge in [0.05, 0.1) is 37.7 Å². The first-order valence-electron chi connectivity index (χ1n) is 17.2. The number of H-pyrrole nitrogens is 1. The van der Waals surface area contributed by atoms with Crippen LogP contribution in [0.25, 0.3) is 0 Å². The summed E-state index contributed by atoms with van der Waals surface area (Å²) in [5, 5.41) is 0. The van der Waals surface area contributed by atoms with Gasteiger partial charge in [-0.2, -0.15) is 10.0 Å². The van der Waals surface area contributed by atoms with Gasteiger partial charge < -0.3 is 22.8 Å². The number of aryl methyl sites for hydroxylation is 1. The Bertz CT molecular complexity index is 1680. The van der Waals surface area contributed by atoms with E-state index in [-0.39, 0.29) is 37.4 Å². The van der Waals surface area contributed by atoms with E-state index in [0.29, 0.717) is 12.0 Å². The van der Waals surface area contributed by atoms with Crippen LogP contribution in [0.2, 0.25) is 0 Å². The molecule has 4 heterocycles. The Morgan fingerprint density at radius 3 is 2.29 bits per heavy atom. The smallest absolute Gasteiger partial charge is 0.331 e. The van der Waals surface area contributed by atoms with Crippen LogP contribution in [0.5, 0.6) is 0 Å². The molecule has 6 rings (SSSR count). The SMILES string of the molecule is CCOP(=O)(C[C@@H](C)C1O[C@@H](n2cc(C)c(=O)[nH]c2=O)C[C@H]1O[P@@]1O[C@H](CS(C)(c2ccccc2)c2ccccc2)[C@@H]2CCCN21)OCC. The molecule has 3 saturated heterocycles. The van der Waals surface area contributed by atoms with E-state index >= 15 is 0 Å². The van der Waals surface area contributed by atoms with E-state index in [1.807, 2.05) is 6.92 Å². The number of hydrogen-bond acceptors (Lipinski definition) is 9. The van der Waals surface area contributed by atoms with Crippen molar-refractivity contribution < 1.29 is 27.4 Å². The average Bonchev–Trinajstić information content (AvgIpc) is 3.81. The highest BCUT2D eigenvalue weighted by atomic mass is 32.3. The van der Waals surface area contributed by atoms with Gasteiger partial charge in [-0.05, 0) is 79.8 Å². The van der Waals surface area contributed by atoms with Crippen molar-refractivity contribution in [3.63, 3.8) is 0 Å². The van der Waals surface area contributed by atoms with Crippen LogP contribution < -0.4 is 11.2 Å². The molecule has 7 atom stereocenters. The molecule has 3 aliphatic rings. The number of nitrogens with one attached hydrogen (secondary N) is 1. The van der Waals surface area contributed by atoms with Crippen molar-refractivity contribution >= 4 is 26.2 Å². The topological polar surface area (TPSA) is 121 Å². The number of fused-ring (bicyclic) bond motifs is 1. The lowest BCUT2D eigenvalue weighted by atomic mass is 10.0. The molecule has 11 nitrogen and oxygen atoms in total. The summed E-state index contributed by atoms with van der Waals surface area (Å²) in [5.41, 5.74) is -0.572. The van der Waals surface area contributed by atoms with Gasteiger partial charge in [-0.1, -0.05) is 43.3 Å². The molecule has 0 bridgehead atoms. The van der Waals surface area contributed by atoms with Gasteiger partial charge >= 0.3 is 13.3 Å². The van der Waals surface area contributed by atoms with Crippen LogP contribution in [-0.2, 0) is 27.4 Å². The molecule has 14 heteroatoms. The first-order chi connectivity index (χ1) is 23.5. The third kappa shape index (κ3) is 7.88. The van der Waals surface area contributed by atoms with E-state index in [0.717, 1.165) is 25.1 Å². The normalized spacial score (nSPS) is 27.0. The summed E-state index contributed by atoms with van der Waals surface area (Å²) in [6, 6.07) is 21.7. The largest absolute Gasteiger partial charge is 0.352 e. The second kappa shape index (κ2) is 15.6. The summed E-state index contributed by atoms with van der Waals surface area (Å²) < 4.78 is 49.2. The summed E-state index contributed by atoms with van der Waals surface area (Å²) in [6.07, 6.45) is 4.79. The van der Waals surface area contributed by atoms with Crippen molar-refractivity contribution in [2.24, 2.45) is 5.92 Å². The highest BCUT2D eigenvalue weighted by Crippen LogP contribution is 2.65. The number of aromatic nitrogens is 2. The van der Waals surface area contributed by atoms with E-state index in [1.165, 1.54) is 20.6 Å². The Balaban J connectivity index is 1.27. The highest BCUT2D eigenvalue weighted by molar-refractivity contribution is 8.33. The van der Waals surface area contributed by atoms with Gasteiger partial charge in [-0.3, -0.25) is 18.9 Å². The Hall–Kier alpha value is -2.11. The predicted octanol–water partition coefficient (Wildman–Crippen LogP) is 7.06. The first-order valence-corrected chi connectivity index (χ1v) is 22.2. The van der Waals surface area contributed by atoms with Crippen molar-refractivity contribution in [3.05, 3.63) is 93.3 Å². The van der Waals surface area contributed by atoms with Crippen LogP contribution in [-0.4, -0.2) is 76.5 Å². The van der Waals surface area contributed by atoms with Gasteiger partial charge in [0, 0.05) is 36.5 Å². The van der Waals surface area contributed by atoms with Crippen LogP contribution in [0.4, 0.5) is 0 Å². The molecule has 0 spiro atoms. The Morgan fingerprint density at radius 2 is 1.67 bits per heavy atom. The van der Waals surface area contributed by atoms with E-state index in [1.54, 1.807) is 20.8 Å². The van der Waals surface area contributed by atoms with Gasteiger partial charge in [0.2, 0.25) is 0 Å². The molecule has 0 radical (unpaired) electrons. The third-order valence-corrected chi connectivity index (χ3v) is 17.4. The van der Waals surface area contributed by atoms with Gasteiger partial charge in [-0.15, -0.1) is 0 Å². The minimum absolute atomic E-state index is 0.0244. The Kier molecular flexibility index (Phi) is 11.7. The molecular weight excluding hydrogens is 684 g/mol. The second-order valence-corrected chi connectivity index (χ2v) is 20.1. The minimum Gasteiger partial charge on any atom is -0.352 e. The summed E-state index contributed by atoms with van der Waals surface area (Å²) in [5.74, 6) is 0.566. The lowest BCUT2D eigenvalue weighted by molar-refractivity contribution is -0.0403. The molecule has 3 fully saturated rings. The molecule has 0 amide bonds. The van der Waals surface area contributed by atoms with E-state index in [9.17, 15) is 14.2 Å². The van der Waals surface area contributed by atoms with Gasteiger partial charge in [0.25, 0.3) is 14.1 Å². The zero-order chi connectivity index (χ0) is 34.8. The predicted molar refractivity (Wildman–Crippen MR) is 194 cm³/mol. The van der Waals surface area contributed by atoms with Crippen LogP contribution >= 0.6 is 26.2 Å². The number of benzene rings is 2. The average molecular weight is 734 g/mol. The fourth-order valence-electron chi connectivity index (χ4n) is 7.28. The molecular formula is C35H49N3O8P2S. The number of hydrogen-bond donors (Lipinski definition) is 1. The van der Waals surface area contributed by atoms with Crippen molar-refractivity contribution in [3.8, 4) is 0 Å². The quantitative estimate of drug-likeness (QED) is 0.174. The maximum absolute atomic E-state index is 13.6. The summed E-state index contributed by atoms with van der Waals surface area (Å²) in [6.45, 7) is 8.59. The molecule has 0 aliphatic carbocycles. The molecule has 1 N–H and O–H groups in total. The molecule has 3 aromatic rings. The Labute approximate surface area is 291 Å². The highest BCUT2D eigenvalue weighted by Gasteiger charge is 2.52. The lowest BCUT2D eigenvalue weighted by Gasteiger charge is -2.39. The van der Waals surface area contributed by atoms with Crippen molar-refractivity contribution in [2.75, 3.05) is 37.9 Å². The fourth-order valence-corrected chi connectivity index (χ4v) is 14.5. The van der Waals surface area contributed by atoms with E-state index in [2.05, 4.69) is 76.6 Å². The summed E-state index contributed by atoms with van der Waals surface area (Å²) in [7, 11) is -6.27. The standard InChI is InChI=1S/C35H49N3O8P2S/c1-6-42-48(41,43-7-2)23-26(4)33-30(21-32(44-33)37-22-25(3)34(39)36-35(37)40)45-47-38-20-14-19-29(38)31(46-47)24-49(5,27-15-10-8-11-16-27)28-17-12-9-13-18-28/h8-13,15-18,22,26,29-33H,6-7,14,19-21,23-24H2,1-5H3,(H,36,39,40)/t26-,29+,30-,31-,32-,33?,47+/m1/s1. The van der Waals surface area contributed by atoms with Crippen molar-refractivity contribution in [1.29, 1.82) is 0 Å². The molecule has 1 aromatic heterocycles. The molecule has 0 saturated carbocycles. The third-order valence-electron chi connectivity index (χ3n) is 9.68. The molecule has 1 unspecified atom stereocenters. The first kappa shape index (κ1) is 36.7. The fraction of sp³-hybridized carbons (Fsp3) is 0.543. The summed E-state index contributed by atoms with van der Waals surface area (Å²) in [4.78, 5) is 30.1. The summed E-state index contributed by atoms with van der Waals surface area (Å²) >= 11 is 0. The molecule has 3 aliphatic heterocycles. The van der Waals surface area contributed by atoms with Crippen LogP contribution in [0, 0.1) is 12.8 Å². The van der Waals surface area contributed by atoms with E-state index in [4.69, 9.17) is 22.8 Å². The van der Waals surface area contributed by atoms with Crippen LogP contribution in [0.1, 0.15) is 51.8 Å². The van der Waals surface area contributed by atoms with Crippen molar-refractivity contribution in [1.82, 2.24) is 14.2 Å². The zero-order valence-electron chi connectivity index (χ0n) is 28.9. The minimum atomic E-state index is -3.40. The number of ether oxygens (including phenoxy) is 1. The molecule has 268 valence electrons. The van der Waals surface area contributed by atoms with Crippen LogP contribution in [0.15, 0.2) is 86.2 Å². The number of nitrogens with zero attached hydrogens (tertiary/aromatic N) is 2. The van der Waals surface area contributed by atoms with Gasteiger partial charge in [0.1, 0.15) is 6.23 Å². The second-order valence-electron chi connectivity index (χ2n) is 13.2. The monoisotopic (exact) mass is 733 g/mol. The number of rotatable bonds is 14. The van der Waals surface area contributed by atoms with Gasteiger partial charge in [-0.25, -0.2) is 9.46 Å². The number of aromatic amines is 1. The molecule has 2 aromatic carbocycles. The maximum Gasteiger partial charge on any atom is 0.331 e. The Morgan fingerprint density at radius 1 is 1.04 bits per heavy atom. The maximum atomic E-state index is 13.6. The van der Waals surface area contributed by atoms with Crippen molar-refractivity contribution in [2.45, 2.75) is 87.3 Å².